The standard InChI is InChI=1S/C25H21Cl2N3O3S/c1-29-21-8-3-2-5-16(21)14-30(25(29)34)17-11-9-15(10-12-17)13-20(24(32)33)28-23(31)22-18(26)6-4-7-19(22)27/h2-12,20H,13-14H2,1H3,(H,28,31)(H,32,33)/t20-/m0/s1. The fourth-order valence-corrected chi connectivity index (χ4v) is 4.73. The number of hydrogen-bond donors (Lipinski definition) is 2. The van der Waals surface area contributed by atoms with Crippen molar-refractivity contribution in [1.29, 1.82) is 0 Å². The van der Waals surface area contributed by atoms with Crippen molar-refractivity contribution in [2.75, 3.05) is 16.8 Å². The molecule has 0 fully saturated rings. The highest BCUT2D eigenvalue weighted by Crippen LogP contribution is 2.31. The average molecular weight is 514 g/mol. The molecule has 0 aromatic heterocycles. The van der Waals surface area contributed by atoms with Crippen LogP contribution in [-0.4, -0.2) is 35.2 Å². The summed E-state index contributed by atoms with van der Waals surface area (Å²) in [5.41, 5.74) is 3.94. The largest absolute Gasteiger partial charge is 0.480 e. The van der Waals surface area contributed by atoms with Crippen LogP contribution in [-0.2, 0) is 17.8 Å². The smallest absolute Gasteiger partial charge is 0.326 e. The maximum Gasteiger partial charge on any atom is 0.326 e. The Balaban J connectivity index is 1.49. The number of carboxylic acids is 1. The molecule has 0 saturated carbocycles. The molecule has 6 nitrogen and oxygen atoms in total. The second kappa shape index (κ2) is 10.0. The number of aliphatic carboxylic acids is 1. The third kappa shape index (κ3) is 4.87. The minimum Gasteiger partial charge on any atom is -0.480 e. The van der Waals surface area contributed by atoms with Gasteiger partial charge in [0.15, 0.2) is 5.11 Å². The SMILES string of the molecule is CN1C(=S)N(c2ccc(C[C@H](NC(=O)c3c(Cl)cccc3Cl)C(=O)O)cc2)Cc2ccccc21. The van der Waals surface area contributed by atoms with Crippen molar-refractivity contribution in [3.05, 3.63) is 93.5 Å². The number of halogens is 2. The van der Waals surface area contributed by atoms with Gasteiger partial charge >= 0.3 is 5.97 Å². The van der Waals surface area contributed by atoms with Gasteiger partial charge in [-0.25, -0.2) is 4.79 Å². The van der Waals surface area contributed by atoms with Crippen molar-refractivity contribution in [1.82, 2.24) is 5.32 Å². The number of nitrogens with one attached hydrogen (secondary N) is 1. The van der Waals surface area contributed by atoms with Crippen LogP contribution in [0.3, 0.4) is 0 Å². The molecule has 34 heavy (non-hydrogen) atoms. The molecule has 1 amide bonds. The van der Waals surface area contributed by atoms with Gasteiger partial charge in [0, 0.05) is 24.8 Å². The number of para-hydroxylation sites is 1. The molecule has 1 aliphatic heterocycles. The normalized spacial score (nSPS) is 13.9. The summed E-state index contributed by atoms with van der Waals surface area (Å²) in [6, 6.07) is 19.1. The van der Waals surface area contributed by atoms with E-state index in [0.29, 0.717) is 11.7 Å². The first-order valence-electron chi connectivity index (χ1n) is 10.5. The fraction of sp³-hybridized carbons (Fsp3) is 0.160. The molecule has 0 aliphatic carbocycles. The van der Waals surface area contributed by atoms with Crippen LogP contribution in [0.15, 0.2) is 66.7 Å². The van der Waals surface area contributed by atoms with Crippen LogP contribution in [0.4, 0.5) is 11.4 Å². The molecular formula is C25H21Cl2N3O3S. The van der Waals surface area contributed by atoms with Gasteiger partial charge in [-0.05, 0) is 53.7 Å². The number of hydrogen-bond acceptors (Lipinski definition) is 3. The summed E-state index contributed by atoms with van der Waals surface area (Å²) >= 11 is 17.8. The van der Waals surface area contributed by atoms with Gasteiger partial charge in [0.2, 0.25) is 0 Å². The van der Waals surface area contributed by atoms with Crippen LogP contribution >= 0.6 is 35.4 Å². The monoisotopic (exact) mass is 513 g/mol. The third-order valence-electron chi connectivity index (χ3n) is 5.68. The first-order valence-corrected chi connectivity index (χ1v) is 11.6. The zero-order valence-electron chi connectivity index (χ0n) is 18.2. The maximum absolute atomic E-state index is 12.7. The van der Waals surface area contributed by atoms with Crippen molar-refractivity contribution in [3.8, 4) is 0 Å². The van der Waals surface area contributed by atoms with E-state index >= 15 is 0 Å². The van der Waals surface area contributed by atoms with E-state index in [9.17, 15) is 14.7 Å². The van der Waals surface area contributed by atoms with E-state index in [4.69, 9.17) is 35.4 Å². The molecule has 174 valence electrons. The second-order valence-corrected chi connectivity index (χ2v) is 9.07. The zero-order valence-corrected chi connectivity index (χ0v) is 20.5. The maximum atomic E-state index is 12.7. The molecule has 0 spiro atoms. The number of carboxylic acid groups (broad SMARTS) is 1. The van der Waals surface area contributed by atoms with Crippen molar-refractivity contribution >= 4 is 63.8 Å². The van der Waals surface area contributed by atoms with Crippen molar-refractivity contribution in [2.45, 2.75) is 19.0 Å². The number of fused-ring (bicyclic) bond motifs is 1. The van der Waals surface area contributed by atoms with E-state index < -0.39 is 17.9 Å². The number of carbonyl (C=O) groups excluding carboxylic acids is 1. The Morgan fingerprint density at radius 1 is 1.03 bits per heavy atom. The average Bonchev–Trinajstić information content (AvgIpc) is 2.81. The first kappa shape index (κ1) is 24.0. The van der Waals surface area contributed by atoms with E-state index in [0.717, 1.165) is 22.5 Å². The number of nitrogens with zero attached hydrogens (tertiary/aromatic N) is 2. The number of anilines is 2. The van der Waals surface area contributed by atoms with E-state index in [1.54, 1.807) is 6.07 Å². The van der Waals surface area contributed by atoms with Crippen molar-refractivity contribution < 1.29 is 14.7 Å². The predicted octanol–water partition coefficient (Wildman–Crippen LogP) is 5.16. The summed E-state index contributed by atoms with van der Waals surface area (Å²) in [6.07, 6.45) is 0.0939. The molecule has 3 aromatic rings. The minimum absolute atomic E-state index is 0.0513. The van der Waals surface area contributed by atoms with Gasteiger partial charge in [-0.3, -0.25) is 4.79 Å². The van der Waals surface area contributed by atoms with Gasteiger partial charge in [-0.15, -0.1) is 0 Å². The topological polar surface area (TPSA) is 72.9 Å². The predicted molar refractivity (Wildman–Crippen MR) is 139 cm³/mol. The highest BCUT2D eigenvalue weighted by Gasteiger charge is 2.26. The Morgan fingerprint density at radius 2 is 1.68 bits per heavy atom. The number of thiocarbonyl (C=S) groups is 1. The molecule has 4 rings (SSSR count). The summed E-state index contributed by atoms with van der Waals surface area (Å²) in [5, 5.41) is 13.2. The zero-order chi connectivity index (χ0) is 24.4. The van der Waals surface area contributed by atoms with Gasteiger partial charge in [0.25, 0.3) is 5.91 Å². The van der Waals surface area contributed by atoms with Crippen LogP contribution in [0.5, 0.6) is 0 Å². The third-order valence-corrected chi connectivity index (χ3v) is 6.80. The Kier molecular flexibility index (Phi) is 7.07. The summed E-state index contributed by atoms with van der Waals surface area (Å²) in [4.78, 5) is 28.5. The summed E-state index contributed by atoms with van der Waals surface area (Å²) < 4.78 is 0. The lowest BCUT2D eigenvalue weighted by molar-refractivity contribution is -0.139. The van der Waals surface area contributed by atoms with Gasteiger partial charge < -0.3 is 20.2 Å². The molecule has 0 unspecified atom stereocenters. The molecule has 0 bridgehead atoms. The number of benzene rings is 3. The van der Waals surface area contributed by atoms with Crippen LogP contribution < -0.4 is 15.1 Å². The Morgan fingerprint density at radius 3 is 2.32 bits per heavy atom. The van der Waals surface area contributed by atoms with Crippen LogP contribution in [0.25, 0.3) is 0 Å². The van der Waals surface area contributed by atoms with Gasteiger partial charge in [0.05, 0.1) is 22.2 Å². The molecular weight excluding hydrogens is 493 g/mol. The summed E-state index contributed by atoms with van der Waals surface area (Å²) in [6.45, 7) is 0.644. The molecule has 1 atom stereocenters. The van der Waals surface area contributed by atoms with Gasteiger partial charge in [0.1, 0.15) is 6.04 Å². The van der Waals surface area contributed by atoms with Crippen LogP contribution in [0.1, 0.15) is 21.5 Å². The Hall–Kier alpha value is -3.13. The quantitative estimate of drug-likeness (QED) is 0.443. The van der Waals surface area contributed by atoms with E-state index in [1.807, 2.05) is 59.3 Å². The molecule has 0 radical (unpaired) electrons. The Labute approximate surface area is 212 Å². The highest BCUT2D eigenvalue weighted by molar-refractivity contribution is 7.80. The molecule has 2 N–H and O–H groups in total. The lowest BCUT2D eigenvalue weighted by atomic mass is 10.0. The number of rotatable bonds is 6. The minimum atomic E-state index is -1.16. The van der Waals surface area contributed by atoms with Crippen LogP contribution in [0.2, 0.25) is 10.0 Å². The highest BCUT2D eigenvalue weighted by atomic mass is 35.5. The molecule has 0 saturated heterocycles. The van der Waals surface area contributed by atoms with E-state index in [-0.39, 0.29) is 22.0 Å². The van der Waals surface area contributed by atoms with Gasteiger partial charge in [-0.1, -0.05) is 59.6 Å². The van der Waals surface area contributed by atoms with Crippen molar-refractivity contribution in [3.63, 3.8) is 0 Å². The van der Waals surface area contributed by atoms with E-state index in [2.05, 4.69) is 11.4 Å². The molecule has 9 heteroatoms. The molecule has 1 heterocycles. The first-order chi connectivity index (χ1) is 16.3. The number of amides is 1. The second-order valence-electron chi connectivity index (χ2n) is 7.89. The Bertz CT molecular complexity index is 1250. The van der Waals surface area contributed by atoms with E-state index in [1.165, 1.54) is 12.1 Å². The van der Waals surface area contributed by atoms with Crippen molar-refractivity contribution in [2.24, 2.45) is 0 Å². The lowest BCUT2D eigenvalue weighted by Gasteiger charge is -2.37. The molecule has 3 aromatic carbocycles. The van der Waals surface area contributed by atoms with Gasteiger partial charge in [-0.2, -0.15) is 0 Å². The van der Waals surface area contributed by atoms with Crippen LogP contribution in [0, 0.1) is 0 Å². The summed E-state index contributed by atoms with van der Waals surface area (Å²) in [7, 11) is 1.94. The summed E-state index contributed by atoms with van der Waals surface area (Å²) in [5.74, 6) is -1.80. The lowest BCUT2D eigenvalue weighted by Crippen LogP contribution is -2.45. The fourth-order valence-electron chi connectivity index (χ4n) is 3.89. The number of carbonyl (C=O) groups is 2. The molecule has 1 aliphatic rings.